The Morgan fingerprint density at radius 2 is 1.29 bits per heavy atom. The van der Waals surface area contributed by atoms with Gasteiger partial charge in [-0.1, -0.05) is 48.5 Å². The molecule has 9 heteroatoms. The molecule has 0 N–H and O–H groups in total. The first-order valence-electron chi connectivity index (χ1n) is 20.8. The maximum Gasteiger partial charge on any atom is 0.292 e. The highest BCUT2D eigenvalue weighted by Gasteiger charge is 2.69. The van der Waals surface area contributed by atoms with Crippen LogP contribution >= 0.6 is 0 Å². The van der Waals surface area contributed by atoms with Crippen LogP contribution in [0, 0.1) is 40.4 Å². The van der Waals surface area contributed by atoms with Crippen LogP contribution < -0.4 is 0 Å². The van der Waals surface area contributed by atoms with Crippen LogP contribution in [0.3, 0.4) is 0 Å². The first-order valence-corrected chi connectivity index (χ1v) is 33.3. The summed E-state index contributed by atoms with van der Waals surface area (Å²) in [6.07, 6.45) is 11.9. The minimum absolute atomic E-state index is 0.00645. The number of fused-ring (bicyclic) bond motifs is 5. The molecule has 0 aliphatic heterocycles. The molecule has 286 valence electrons. The summed E-state index contributed by atoms with van der Waals surface area (Å²) in [7, 11) is -7.26. The summed E-state index contributed by atoms with van der Waals surface area (Å²) in [5, 5.41) is 0. The van der Waals surface area contributed by atoms with E-state index in [0.717, 1.165) is 24.9 Å². The predicted molar refractivity (Wildman–Crippen MR) is 217 cm³/mol. The molecule has 0 amide bonds. The van der Waals surface area contributed by atoms with E-state index in [0.29, 0.717) is 53.6 Å². The van der Waals surface area contributed by atoms with Crippen molar-refractivity contribution in [3.63, 3.8) is 0 Å². The molecule has 0 aromatic carbocycles. The molecule has 4 aliphatic carbocycles. The van der Waals surface area contributed by atoms with Gasteiger partial charge in [-0.25, -0.2) is 0 Å². The van der Waals surface area contributed by atoms with Crippen molar-refractivity contribution >= 4 is 39.2 Å². The van der Waals surface area contributed by atoms with E-state index in [1.54, 1.807) is 0 Å². The normalized spacial score (nSPS) is 37.6. The van der Waals surface area contributed by atoms with Gasteiger partial charge in [-0.15, -0.1) is 0 Å². The number of carbonyl (C=O) groups excluding carboxylic acids is 1. The molecule has 7 unspecified atom stereocenters. The van der Waals surface area contributed by atoms with Crippen LogP contribution in [0.2, 0.25) is 76.6 Å². The van der Waals surface area contributed by atoms with Gasteiger partial charge in [-0.2, -0.15) is 0 Å². The third-order valence-corrected chi connectivity index (χ3v) is 26.0. The second kappa shape index (κ2) is 15.2. The van der Waals surface area contributed by atoms with Crippen LogP contribution in [0.25, 0.3) is 0 Å². The molecule has 0 spiro atoms. The highest BCUT2D eigenvalue weighted by Crippen LogP contribution is 2.71. The van der Waals surface area contributed by atoms with Gasteiger partial charge in [0.1, 0.15) is 0 Å². The first-order chi connectivity index (χ1) is 22.5. The molecule has 5 nitrogen and oxygen atoms in total. The second-order valence-electron chi connectivity index (χ2n) is 20.3. The summed E-state index contributed by atoms with van der Waals surface area (Å²) in [5.74, 6) is 2.88. The largest absolute Gasteiger partial charge is 0.520 e. The zero-order chi connectivity index (χ0) is 36.8. The number of hydrogen-bond donors (Lipinski definition) is 0. The van der Waals surface area contributed by atoms with Gasteiger partial charge in [-0.3, -0.25) is 4.79 Å². The lowest BCUT2D eigenvalue weighted by Gasteiger charge is -2.65. The molecule has 0 radical (unpaired) electrons. The summed E-state index contributed by atoms with van der Waals surface area (Å²) in [5.41, 5.74) is 0.235. The molecule has 0 bridgehead atoms. The summed E-state index contributed by atoms with van der Waals surface area (Å²) in [6.45, 7) is 35.9. The molecule has 4 saturated carbocycles. The van der Waals surface area contributed by atoms with Crippen molar-refractivity contribution < 1.29 is 22.5 Å². The minimum atomic E-state index is -1.93. The fourth-order valence-electron chi connectivity index (χ4n) is 11.1. The molecule has 0 heterocycles. The summed E-state index contributed by atoms with van der Waals surface area (Å²) < 4.78 is 28.2. The monoisotopic (exact) mass is 753 g/mol. The molecular formula is C40H80O5Si4. The Balaban J connectivity index is 1.69. The molecule has 49 heavy (non-hydrogen) atoms. The Morgan fingerprint density at radius 3 is 1.88 bits per heavy atom. The molecule has 4 aliphatic rings. The zero-order valence-corrected chi connectivity index (χ0v) is 39.0. The molecule has 4 fully saturated rings. The molecule has 4 rings (SSSR count). The number of carbonyl (C=O) groups is 1. The Kier molecular flexibility index (Phi) is 13.0. The van der Waals surface area contributed by atoms with Gasteiger partial charge in [0.15, 0.2) is 25.0 Å². The Bertz CT molecular complexity index is 1140. The Labute approximate surface area is 308 Å². The van der Waals surface area contributed by atoms with Gasteiger partial charge in [-0.05, 0) is 175 Å². The van der Waals surface area contributed by atoms with E-state index in [2.05, 4.69) is 101 Å². The lowest BCUT2D eigenvalue weighted by molar-refractivity contribution is -0.193. The van der Waals surface area contributed by atoms with Crippen LogP contribution in [-0.4, -0.2) is 57.0 Å². The van der Waals surface area contributed by atoms with E-state index in [4.69, 9.17) is 17.7 Å². The van der Waals surface area contributed by atoms with Gasteiger partial charge >= 0.3 is 0 Å². The zero-order valence-electron chi connectivity index (χ0n) is 35.0. The van der Waals surface area contributed by atoms with Crippen molar-refractivity contribution in [2.24, 2.45) is 40.4 Å². The van der Waals surface area contributed by atoms with Crippen LogP contribution in [0.4, 0.5) is 0 Å². The van der Waals surface area contributed by atoms with E-state index < -0.39 is 33.3 Å². The lowest BCUT2D eigenvalue weighted by atomic mass is 9.43. The Hall–Kier alpha value is 0.218. The lowest BCUT2D eigenvalue weighted by Crippen LogP contribution is -2.64. The second-order valence-corrected chi connectivity index (χ2v) is 38.0. The van der Waals surface area contributed by atoms with E-state index in [1.165, 1.54) is 57.0 Å². The fraction of sp³-hybridized carbons (Fsp3) is 0.975. The van der Waals surface area contributed by atoms with Crippen molar-refractivity contribution in [1.29, 1.82) is 0 Å². The summed E-state index contributed by atoms with van der Waals surface area (Å²) in [4.78, 5) is 13.2. The predicted octanol–water partition coefficient (Wildman–Crippen LogP) is 12.0. The van der Waals surface area contributed by atoms with E-state index in [9.17, 15) is 4.79 Å². The standard InChI is InChI=1S/C40H80O5Si4/c1-16-46(8,9)42-32-22-25-38(6)31(28-32)29-35(43-47(10,11)17-2)37-33(38)23-26-39(7)34(37)24-27-40(39,45-49(14,15)19-4)30(5)20-21-36(41)44-48(12,13)18-3/h30-35,37H,16-29H2,1-15H3/t30?,31?,32-,33?,34?,35+,37?,38?,39?,40+/m1/s1. The van der Waals surface area contributed by atoms with Crippen LogP contribution in [0.1, 0.15) is 113 Å². The van der Waals surface area contributed by atoms with Gasteiger partial charge in [0, 0.05) is 18.6 Å². The van der Waals surface area contributed by atoms with Gasteiger partial charge in [0.05, 0.1) is 5.60 Å². The van der Waals surface area contributed by atoms with Crippen LogP contribution in [0.15, 0.2) is 0 Å². The molecule has 0 saturated heterocycles. The minimum Gasteiger partial charge on any atom is -0.520 e. The average molecular weight is 753 g/mol. The molecule has 10 atom stereocenters. The third-order valence-electron chi connectivity index (χ3n) is 15.6. The topological polar surface area (TPSA) is 54.0 Å². The SMILES string of the molecule is CC[Si](C)(C)OC(=O)CCC(C)[C@@]1(O[Si](C)(C)CC)CCC2C3C(CCC21C)C1(C)CC[C@@H](O[Si](C)(C)CC)CC1C[C@@H]3O[Si](C)(C)CC. The maximum absolute atomic E-state index is 13.2. The first kappa shape index (κ1) is 42.0. The number of rotatable bonds is 15. The molecular weight excluding hydrogens is 673 g/mol. The van der Waals surface area contributed by atoms with Crippen molar-refractivity contribution in [3.05, 3.63) is 0 Å². The smallest absolute Gasteiger partial charge is 0.292 e. The summed E-state index contributed by atoms with van der Waals surface area (Å²) in [6, 6.07) is 4.45. The highest BCUT2D eigenvalue weighted by atomic mass is 28.4. The van der Waals surface area contributed by atoms with Gasteiger partial charge < -0.3 is 17.7 Å². The van der Waals surface area contributed by atoms with Crippen LogP contribution in [0.5, 0.6) is 0 Å². The van der Waals surface area contributed by atoms with Crippen molar-refractivity contribution in [2.45, 2.75) is 207 Å². The van der Waals surface area contributed by atoms with E-state index >= 15 is 0 Å². The van der Waals surface area contributed by atoms with E-state index in [-0.39, 0.29) is 17.0 Å². The van der Waals surface area contributed by atoms with E-state index in [1.807, 2.05) is 0 Å². The van der Waals surface area contributed by atoms with Crippen molar-refractivity contribution in [3.8, 4) is 0 Å². The molecule has 0 aromatic rings. The van der Waals surface area contributed by atoms with Crippen LogP contribution in [-0.2, 0) is 22.5 Å². The average Bonchev–Trinajstić information content (AvgIpc) is 3.32. The Morgan fingerprint density at radius 1 is 0.714 bits per heavy atom. The summed E-state index contributed by atoms with van der Waals surface area (Å²) >= 11 is 0. The maximum atomic E-state index is 13.2. The van der Waals surface area contributed by atoms with Crippen molar-refractivity contribution in [1.82, 2.24) is 0 Å². The quantitative estimate of drug-likeness (QED) is 0.156. The molecule has 0 aromatic heterocycles. The third kappa shape index (κ3) is 8.63. The number of hydrogen-bond acceptors (Lipinski definition) is 5. The highest BCUT2D eigenvalue weighted by molar-refractivity contribution is 6.72. The fourth-order valence-corrected chi connectivity index (χ4v) is 16.1. The van der Waals surface area contributed by atoms with Gasteiger partial charge in [0.2, 0.25) is 8.32 Å². The van der Waals surface area contributed by atoms with Gasteiger partial charge in [0.25, 0.3) is 5.97 Å². The van der Waals surface area contributed by atoms with Crippen molar-refractivity contribution in [2.75, 3.05) is 0 Å².